The fraction of sp³-hybridized carbons (Fsp3) is 0.600. The molecule has 0 radical (unpaired) electrons. The first-order valence-corrected chi connectivity index (χ1v) is 7.31. The van der Waals surface area contributed by atoms with Gasteiger partial charge in [0, 0.05) is 31.3 Å². The van der Waals surface area contributed by atoms with Gasteiger partial charge in [0.25, 0.3) is 0 Å². The molecule has 2 N–H and O–H groups in total. The summed E-state index contributed by atoms with van der Waals surface area (Å²) in [5.74, 6) is -0.136. The van der Waals surface area contributed by atoms with Crippen molar-refractivity contribution in [2.45, 2.75) is 25.3 Å². The maximum absolute atomic E-state index is 13.6. The van der Waals surface area contributed by atoms with Crippen molar-refractivity contribution >= 4 is 11.4 Å². The van der Waals surface area contributed by atoms with Gasteiger partial charge in [-0.25, -0.2) is 4.39 Å². The largest absolute Gasteiger partial charge is 0.494 e. The molecule has 0 aliphatic carbocycles. The molecule has 2 aliphatic heterocycles. The van der Waals surface area contributed by atoms with Crippen LogP contribution >= 0.6 is 0 Å². The van der Waals surface area contributed by atoms with Crippen molar-refractivity contribution in [3.8, 4) is 5.75 Å². The molecule has 4 nitrogen and oxygen atoms in total. The number of nitrogens with two attached hydrogens (primary N) is 1. The van der Waals surface area contributed by atoms with Crippen LogP contribution in [0.15, 0.2) is 12.1 Å². The number of nitrogens with zero attached hydrogens (tertiary/aromatic N) is 2. The van der Waals surface area contributed by atoms with E-state index in [0.29, 0.717) is 11.7 Å². The van der Waals surface area contributed by atoms with Crippen molar-refractivity contribution in [3.63, 3.8) is 0 Å². The van der Waals surface area contributed by atoms with Crippen molar-refractivity contribution < 1.29 is 9.13 Å². The Morgan fingerprint density at radius 2 is 2.00 bits per heavy atom. The standard InChI is InChI=1S/C15H22FN3O/c1-20-15-9-14(13(17)8-12(15)16)19-7-4-11(10-19)18-5-2-3-6-18/h8-9,11H,2-7,10,17H2,1H3. The molecule has 0 aromatic heterocycles. The average molecular weight is 279 g/mol. The fourth-order valence-corrected chi connectivity index (χ4v) is 3.35. The second-order valence-electron chi connectivity index (χ2n) is 5.68. The van der Waals surface area contributed by atoms with E-state index in [-0.39, 0.29) is 5.75 Å². The minimum absolute atomic E-state index is 0.263. The first kappa shape index (κ1) is 13.5. The predicted octanol–water partition coefficient (Wildman–Crippen LogP) is 2.09. The van der Waals surface area contributed by atoms with Crippen LogP contribution in [0, 0.1) is 5.82 Å². The smallest absolute Gasteiger partial charge is 0.167 e. The Bertz CT molecular complexity index is 488. The third kappa shape index (κ3) is 2.42. The number of benzene rings is 1. The molecule has 0 amide bonds. The number of hydrogen-bond acceptors (Lipinski definition) is 4. The van der Waals surface area contributed by atoms with E-state index in [9.17, 15) is 4.39 Å². The number of likely N-dealkylation sites (tertiary alicyclic amines) is 1. The Balaban J connectivity index is 1.76. The van der Waals surface area contributed by atoms with Gasteiger partial charge in [-0.15, -0.1) is 0 Å². The van der Waals surface area contributed by atoms with Crippen molar-refractivity contribution in [2.75, 3.05) is 43.9 Å². The molecule has 1 aromatic carbocycles. The molecule has 110 valence electrons. The Morgan fingerprint density at radius 1 is 1.25 bits per heavy atom. The molecule has 20 heavy (non-hydrogen) atoms. The summed E-state index contributed by atoms with van der Waals surface area (Å²) in [5.41, 5.74) is 7.36. The average Bonchev–Trinajstić information content (AvgIpc) is 3.09. The normalized spacial score (nSPS) is 23.5. The van der Waals surface area contributed by atoms with Gasteiger partial charge in [0.05, 0.1) is 18.5 Å². The van der Waals surface area contributed by atoms with Gasteiger partial charge in [-0.05, 0) is 32.4 Å². The molecule has 0 spiro atoms. The minimum Gasteiger partial charge on any atom is -0.494 e. The van der Waals surface area contributed by atoms with Crippen LogP contribution in [0.25, 0.3) is 0 Å². The molecule has 2 fully saturated rings. The SMILES string of the molecule is COc1cc(N2CCC(N3CCCC3)C2)c(N)cc1F. The van der Waals surface area contributed by atoms with Crippen molar-refractivity contribution in [1.29, 1.82) is 0 Å². The number of methoxy groups -OCH3 is 1. The van der Waals surface area contributed by atoms with E-state index >= 15 is 0 Å². The summed E-state index contributed by atoms with van der Waals surface area (Å²) in [6, 6.07) is 3.68. The van der Waals surface area contributed by atoms with Crippen LogP contribution in [0.1, 0.15) is 19.3 Å². The summed E-state index contributed by atoms with van der Waals surface area (Å²) in [4.78, 5) is 4.82. The summed E-state index contributed by atoms with van der Waals surface area (Å²) >= 11 is 0. The second-order valence-corrected chi connectivity index (χ2v) is 5.68. The van der Waals surface area contributed by atoms with Crippen LogP contribution in [-0.4, -0.2) is 44.2 Å². The van der Waals surface area contributed by atoms with Crippen LogP contribution < -0.4 is 15.4 Å². The number of ether oxygens (including phenoxy) is 1. The van der Waals surface area contributed by atoms with Crippen molar-refractivity contribution in [2.24, 2.45) is 0 Å². The molecule has 0 saturated carbocycles. The summed E-state index contributed by atoms with van der Waals surface area (Å²) in [6.07, 6.45) is 3.77. The number of rotatable bonds is 3. The molecule has 1 atom stereocenters. The minimum atomic E-state index is -0.399. The summed E-state index contributed by atoms with van der Waals surface area (Å²) in [7, 11) is 1.48. The highest BCUT2D eigenvalue weighted by Gasteiger charge is 2.30. The molecule has 2 saturated heterocycles. The van der Waals surface area contributed by atoms with Gasteiger partial charge in [0.2, 0.25) is 0 Å². The van der Waals surface area contributed by atoms with E-state index in [1.165, 1.54) is 39.1 Å². The van der Waals surface area contributed by atoms with Crippen LogP contribution in [0.5, 0.6) is 5.75 Å². The lowest BCUT2D eigenvalue weighted by Crippen LogP contribution is -2.35. The van der Waals surface area contributed by atoms with Gasteiger partial charge >= 0.3 is 0 Å². The van der Waals surface area contributed by atoms with Crippen LogP contribution in [0.2, 0.25) is 0 Å². The lowest BCUT2D eigenvalue weighted by atomic mass is 10.2. The lowest BCUT2D eigenvalue weighted by molar-refractivity contribution is 0.260. The summed E-state index contributed by atoms with van der Waals surface area (Å²) < 4.78 is 18.7. The van der Waals surface area contributed by atoms with Crippen molar-refractivity contribution in [3.05, 3.63) is 17.9 Å². The fourth-order valence-electron chi connectivity index (χ4n) is 3.35. The Morgan fingerprint density at radius 3 is 2.70 bits per heavy atom. The van der Waals surface area contributed by atoms with E-state index in [2.05, 4.69) is 9.80 Å². The van der Waals surface area contributed by atoms with E-state index in [1.807, 2.05) is 0 Å². The zero-order valence-corrected chi connectivity index (χ0v) is 11.9. The molecule has 0 bridgehead atoms. The zero-order valence-electron chi connectivity index (χ0n) is 11.9. The van der Waals surface area contributed by atoms with E-state index in [4.69, 9.17) is 10.5 Å². The number of anilines is 2. The van der Waals surface area contributed by atoms with Crippen LogP contribution in [-0.2, 0) is 0 Å². The summed E-state index contributed by atoms with van der Waals surface area (Å²) in [5, 5.41) is 0. The quantitative estimate of drug-likeness (QED) is 0.860. The highest BCUT2D eigenvalue weighted by Crippen LogP contribution is 2.34. The van der Waals surface area contributed by atoms with E-state index in [0.717, 1.165) is 25.2 Å². The van der Waals surface area contributed by atoms with Crippen LogP contribution in [0.3, 0.4) is 0 Å². The van der Waals surface area contributed by atoms with Gasteiger partial charge in [0.1, 0.15) is 0 Å². The highest BCUT2D eigenvalue weighted by molar-refractivity contribution is 5.70. The third-order valence-electron chi connectivity index (χ3n) is 4.46. The molecule has 2 heterocycles. The zero-order chi connectivity index (χ0) is 14.1. The topological polar surface area (TPSA) is 41.7 Å². The van der Waals surface area contributed by atoms with E-state index < -0.39 is 5.82 Å². The van der Waals surface area contributed by atoms with Gasteiger partial charge < -0.3 is 15.4 Å². The highest BCUT2D eigenvalue weighted by atomic mass is 19.1. The molecule has 1 unspecified atom stereocenters. The molecule has 2 aliphatic rings. The Labute approximate surface area is 119 Å². The first-order valence-electron chi connectivity index (χ1n) is 7.31. The number of halogens is 1. The molecule has 5 heteroatoms. The van der Waals surface area contributed by atoms with E-state index in [1.54, 1.807) is 6.07 Å². The van der Waals surface area contributed by atoms with Gasteiger partial charge in [-0.1, -0.05) is 0 Å². The monoisotopic (exact) mass is 279 g/mol. The third-order valence-corrected chi connectivity index (χ3v) is 4.46. The van der Waals surface area contributed by atoms with Crippen LogP contribution in [0.4, 0.5) is 15.8 Å². The molecule has 1 aromatic rings. The predicted molar refractivity (Wildman–Crippen MR) is 78.8 cm³/mol. The molecular weight excluding hydrogens is 257 g/mol. The van der Waals surface area contributed by atoms with Gasteiger partial charge in [-0.2, -0.15) is 0 Å². The number of nitrogen functional groups attached to an aromatic ring is 1. The molecular formula is C15H22FN3O. The maximum atomic E-state index is 13.6. The van der Waals surface area contributed by atoms with Crippen molar-refractivity contribution in [1.82, 2.24) is 4.90 Å². The van der Waals surface area contributed by atoms with Gasteiger partial charge in [-0.3, -0.25) is 4.90 Å². The Kier molecular flexibility index (Phi) is 3.70. The number of hydrogen-bond donors (Lipinski definition) is 1. The summed E-state index contributed by atoms with van der Waals surface area (Å²) in [6.45, 7) is 4.36. The second kappa shape index (κ2) is 5.48. The maximum Gasteiger partial charge on any atom is 0.167 e. The van der Waals surface area contributed by atoms with Gasteiger partial charge in [0.15, 0.2) is 11.6 Å². The lowest BCUT2D eigenvalue weighted by Gasteiger charge is -2.25. The first-order chi connectivity index (χ1) is 9.69. The molecule has 3 rings (SSSR count). The Hall–Kier alpha value is -1.49.